The summed E-state index contributed by atoms with van der Waals surface area (Å²) in [5, 5.41) is 4.67. The highest BCUT2D eigenvalue weighted by atomic mass is 35.5. The molecular formula is C13H12Cl2N2O3. The molecule has 106 valence electrons. The Kier molecular flexibility index (Phi) is 4.62. The first kappa shape index (κ1) is 14.8. The number of halogens is 2. The maximum absolute atomic E-state index is 11.6. The van der Waals surface area contributed by atoms with Crippen molar-refractivity contribution in [2.24, 2.45) is 0 Å². The summed E-state index contributed by atoms with van der Waals surface area (Å²) < 4.78 is 9.98. The minimum Gasteiger partial charge on any atom is -0.465 e. The van der Waals surface area contributed by atoms with Crippen LogP contribution in [0.3, 0.4) is 0 Å². The summed E-state index contributed by atoms with van der Waals surface area (Å²) >= 11 is 11.8. The van der Waals surface area contributed by atoms with Crippen molar-refractivity contribution in [3.05, 3.63) is 34.1 Å². The Labute approximate surface area is 125 Å². The van der Waals surface area contributed by atoms with Crippen molar-refractivity contribution in [3.63, 3.8) is 0 Å². The lowest BCUT2D eigenvalue weighted by Gasteiger charge is -2.04. The van der Waals surface area contributed by atoms with Crippen molar-refractivity contribution < 1.29 is 14.1 Å². The number of rotatable bonds is 4. The number of hydrogen-bond donors (Lipinski definition) is 0. The van der Waals surface area contributed by atoms with Crippen molar-refractivity contribution >= 4 is 29.2 Å². The van der Waals surface area contributed by atoms with Gasteiger partial charge in [-0.25, -0.2) is 0 Å². The van der Waals surface area contributed by atoms with E-state index in [-0.39, 0.29) is 5.89 Å². The second kappa shape index (κ2) is 6.24. The van der Waals surface area contributed by atoms with Crippen LogP contribution in [0.25, 0.3) is 11.4 Å². The predicted molar refractivity (Wildman–Crippen MR) is 74.8 cm³/mol. The lowest BCUT2D eigenvalue weighted by Crippen LogP contribution is -2.13. The summed E-state index contributed by atoms with van der Waals surface area (Å²) in [5.74, 6) is -0.477. The van der Waals surface area contributed by atoms with Gasteiger partial charge in [-0.15, -0.1) is 0 Å². The van der Waals surface area contributed by atoms with E-state index in [1.165, 1.54) is 0 Å². The number of carbonyl (C=O) groups excluding carboxylic acids is 1. The average molecular weight is 315 g/mol. The van der Waals surface area contributed by atoms with Gasteiger partial charge in [-0.1, -0.05) is 28.4 Å². The first-order chi connectivity index (χ1) is 9.52. The third-order valence-electron chi connectivity index (χ3n) is 2.63. The van der Waals surface area contributed by atoms with Crippen LogP contribution in [0.1, 0.15) is 25.7 Å². The molecule has 0 saturated heterocycles. The second-order valence-electron chi connectivity index (χ2n) is 4.06. The molecule has 0 aliphatic rings. The zero-order chi connectivity index (χ0) is 14.7. The van der Waals surface area contributed by atoms with Crippen LogP contribution in [-0.4, -0.2) is 22.7 Å². The number of benzene rings is 1. The molecule has 0 radical (unpaired) electrons. The number of ether oxygens (including phenoxy) is 1. The topological polar surface area (TPSA) is 65.2 Å². The van der Waals surface area contributed by atoms with Gasteiger partial charge in [0, 0.05) is 5.56 Å². The minimum atomic E-state index is -0.612. The van der Waals surface area contributed by atoms with Gasteiger partial charge in [-0.05, 0) is 32.0 Å². The van der Waals surface area contributed by atoms with Crippen LogP contribution in [0.15, 0.2) is 22.7 Å². The summed E-state index contributed by atoms with van der Waals surface area (Å²) in [7, 11) is 0. The number of carbonyl (C=O) groups is 1. The monoisotopic (exact) mass is 314 g/mol. The third-order valence-corrected chi connectivity index (χ3v) is 3.37. The van der Waals surface area contributed by atoms with Gasteiger partial charge in [0.05, 0.1) is 16.7 Å². The SMILES string of the molecule is CCOC(=O)C(C)c1nc(-c2ccc(Cl)c(Cl)c2)no1. The maximum atomic E-state index is 11.6. The van der Waals surface area contributed by atoms with E-state index in [2.05, 4.69) is 10.1 Å². The van der Waals surface area contributed by atoms with Gasteiger partial charge in [0.2, 0.25) is 11.7 Å². The van der Waals surface area contributed by atoms with Gasteiger partial charge in [0.25, 0.3) is 0 Å². The van der Waals surface area contributed by atoms with Crippen LogP contribution < -0.4 is 0 Å². The Morgan fingerprint density at radius 1 is 1.40 bits per heavy atom. The van der Waals surface area contributed by atoms with E-state index in [1.807, 2.05) is 0 Å². The van der Waals surface area contributed by atoms with E-state index in [1.54, 1.807) is 32.0 Å². The van der Waals surface area contributed by atoms with Gasteiger partial charge in [-0.3, -0.25) is 4.79 Å². The number of aromatic nitrogens is 2. The largest absolute Gasteiger partial charge is 0.465 e. The third kappa shape index (κ3) is 3.11. The van der Waals surface area contributed by atoms with Crippen molar-refractivity contribution in [2.45, 2.75) is 19.8 Å². The maximum Gasteiger partial charge on any atom is 0.318 e. The summed E-state index contributed by atoms with van der Waals surface area (Å²) in [6.07, 6.45) is 0. The molecule has 1 unspecified atom stereocenters. The molecule has 0 bridgehead atoms. The Bertz CT molecular complexity index is 628. The summed E-state index contributed by atoms with van der Waals surface area (Å²) in [6.45, 7) is 3.68. The van der Waals surface area contributed by atoms with Crippen LogP contribution in [0.4, 0.5) is 0 Å². The minimum absolute atomic E-state index is 0.199. The van der Waals surface area contributed by atoms with Crippen LogP contribution >= 0.6 is 23.2 Å². The highest BCUT2D eigenvalue weighted by molar-refractivity contribution is 6.42. The molecule has 0 aliphatic heterocycles. The van der Waals surface area contributed by atoms with E-state index in [4.69, 9.17) is 32.5 Å². The van der Waals surface area contributed by atoms with Crippen LogP contribution in [0, 0.1) is 0 Å². The van der Waals surface area contributed by atoms with E-state index in [0.29, 0.717) is 28.0 Å². The highest BCUT2D eigenvalue weighted by Gasteiger charge is 2.23. The molecule has 1 heterocycles. The fraction of sp³-hybridized carbons (Fsp3) is 0.308. The molecule has 0 spiro atoms. The molecule has 1 aromatic carbocycles. The summed E-state index contributed by atoms with van der Waals surface area (Å²) in [6, 6.07) is 5.00. The molecule has 5 nitrogen and oxygen atoms in total. The molecule has 0 aliphatic carbocycles. The Balaban J connectivity index is 2.24. The molecule has 0 fully saturated rings. The Hall–Kier alpha value is -1.59. The normalized spacial score (nSPS) is 12.2. The quantitative estimate of drug-likeness (QED) is 0.805. The molecule has 2 rings (SSSR count). The standard InChI is InChI=1S/C13H12Cl2N2O3/c1-3-19-13(18)7(2)12-16-11(17-20-12)8-4-5-9(14)10(15)6-8/h4-7H,3H2,1-2H3. The molecule has 1 atom stereocenters. The lowest BCUT2D eigenvalue weighted by atomic mass is 10.2. The fourth-order valence-corrected chi connectivity index (χ4v) is 1.83. The summed E-state index contributed by atoms with van der Waals surface area (Å²) in [5.41, 5.74) is 0.658. The lowest BCUT2D eigenvalue weighted by molar-refractivity contribution is -0.145. The molecule has 0 amide bonds. The van der Waals surface area contributed by atoms with Gasteiger partial charge in [0.1, 0.15) is 5.92 Å². The van der Waals surface area contributed by atoms with Crippen LogP contribution in [0.2, 0.25) is 10.0 Å². The molecule has 7 heteroatoms. The number of esters is 1. The number of hydrogen-bond acceptors (Lipinski definition) is 5. The molecule has 2 aromatic rings. The molecule has 0 saturated carbocycles. The fourth-order valence-electron chi connectivity index (χ4n) is 1.53. The van der Waals surface area contributed by atoms with Crippen molar-refractivity contribution in [1.29, 1.82) is 0 Å². The van der Waals surface area contributed by atoms with Crippen LogP contribution in [-0.2, 0) is 9.53 Å². The Morgan fingerprint density at radius 3 is 2.80 bits per heavy atom. The number of nitrogens with zero attached hydrogens (tertiary/aromatic N) is 2. The van der Waals surface area contributed by atoms with Gasteiger partial charge >= 0.3 is 5.97 Å². The zero-order valence-electron chi connectivity index (χ0n) is 10.9. The van der Waals surface area contributed by atoms with Crippen molar-refractivity contribution in [3.8, 4) is 11.4 Å². The van der Waals surface area contributed by atoms with Crippen molar-refractivity contribution in [1.82, 2.24) is 10.1 Å². The van der Waals surface area contributed by atoms with E-state index in [9.17, 15) is 4.79 Å². The predicted octanol–water partition coefficient (Wildman–Crippen LogP) is 3.71. The molecule has 0 N–H and O–H groups in total. The van der Waals surface area contributed by atoms with Gasteiger partial charge in [0.15, 0.2) is 0 Å². The molecular weight excluding hydrogens is 303 g/mol. The van der Waals surface area contributed by atoms with E-state index in [0.717, 1.165) is 0 Å². The molecule has 20 heavy (non-hydrogen) atoms. The first-order valence-electron chi connectivity index (χ1n) is 5.98. The van der Waals surface area contributed by atoms with E-state index < -0.39 is 11.9 Å². The first-order valence-corrected chi connectivity index (χ1v) is 6.74. The molecule has 1 aromatic heterocycles. The van der Waals surface area contributed by atoms with Gasteiger partial charge < -0.3 is 9.26 Å². The smallest absolute Gasteiger partial charge is 0.318 e. The van der Waals surface area contributed by atoms with Gasteiger partial charge in [-0.2, -0.15) is 4.98 Å². The zero-order valence-corrected chi connectivity index (χ0v) is 12.4. The van der Waals surface area contributed by atoms with E-state index >= 15 is 0 Å². The average Bonchev–Trinajstić information content (AvgIpc) is 2.91. The second-order valence-corrected chi connectivity index (χ2v) is 4.87. The van der Waals surface area contributed by atoms with Crippen LogP contribution in [0.5, 0.6) is 0 Å². The summed E-state index contributed by atoms with van der Waals surface area (Å²) in [4.78, 5) is 15.8. The highest BCUT2D eigenvalue weighted by Crippen LogP contribution is 2.28. The van der Waals surface area contributed by atoms with Crippen molar-refractivity contribution in [2.75, 3.05) is 6.61 Å². The Morgan fingerprint density at radius 2 is 2.15 bits per heavy atom.